The van der Waals surface area contributed by atoms with Crippen molar-refractivity contribution in [3.63, 3.8) is 0 Å². The van der Waals surface area contributed by atoms with Crippen molar-refractivity contribution in [1.82, 2.24) is 9.80 Å². The lowest BCUT2D eigenvalue weighted by molar-refractivity contribution is 0.0989. The van der Waals surface area contributed by atoms with Gasteiger partial charge in [-0.25, -0.2) is 0 Å². The fourth-order valence-electron chi connectivity index (χ4n) is 2.57. The second kappa shape index (κ2) is 8.42. The fourth-order valence-corrected chi connectivity index (χ4v) is 7.58. The summed E-state index contributed by atoms with van der Waals surface area (Å²) >= 11 is 0. The Bertz CT molecular complexity index is 183. The van der Waals surface area contributed by atoms with E-state index in [1.807, 2.05) is 0 Å². The zero-order chi connectivity index (χ0) is 13.5. The van der Waals surface area contributed by atoms with Gasteiger partial charge in [-0.1, -0.05) is 27.7 Å². The lowest BCUT2D eigenvalue weighted by atomic mass is 10.5. The molecule has 0 saturated heterocycles. The predicted molar refractivity (Wildman–Crippen MR) is 79.8 cm³/mol. The Balaban J connectivity index is 5.06. The van der Waals surface area contributed by atoms with Gasteiger partial charge in [0.2, 0.25) is 18.1 Å². The highest BCUT2D eigenvalue weighted by molar-refractivity contribution is 6.76. The second-order valence-electron chi connectivity index (χ2n) is 4.73. The third-order valence-corrected chi connectivity index (χ3v) is 8.20. The molecular formula is C12H30N2OSi2. The van der Waals surface area contributed by atoms with Gasteiger partial charge < -0.3 is 4.12 Å². The van der Waals surface area contributed by atoms with Crippen LogP contribution < -0.4 is 0 Å². The van der Waals surface area contributed by atoms with Crippen LogP contribution in [0, 0.1) is 0 Å². The van der Waals surface area contributed by atoms with Gasteiger partial charge in [0.05, 0.1) is 5.79 Å². The quantitative estimate of drug-likeness (QED) is 0.474. The smallest absolute Gasteiger partial charge is 0.211 e. The molecule has 0 aliphatic carbocycles. The molecule has 102 valence electrons. The van der Waals surface area contributed by atoms with Crippen molar-refractivity contribution in [1.29, 1.82) is 0 Å². The number of rotatable bonds is 9. The largest absolute Gasteiger partial charge is 0.454 e. The first-order valence-corrected chi connectivity index (χ1v) is 11.2. The van der Waals surface area contributed by atoms with Crippen molar-refractivity contribution in [3.05, 3.63) is 0 Å². The molecule has 5 heteroatoms. The summed E-state index contributed by atoms with van der Waals surface area (Å²) in [5.41, 5.74) is 0. The van der Waals surface area contributed by atoms with E-state index in [0.29, 0.717) is 15.6 Å². The molecule has 0 aromatic rings. The Morgan fingerprint density at radius 2 is 1.29 bits per heavy atom. The van der Waals surface area contributed by atoms with Gasteiger partial charge >= 0.3 is 0 Å². The molecule has 17 heavy (non-hydrogen) atoms. The van der Waals surface area contributed by atoms with Crippen LogP contribution in [-0.2, 0) is 4.12 Å². The molecule has 0 heterocycles. The molecule has 0 amide bonds. The third kappa shape index (κ3) is 4.83. The minimum absolute atomic E-state index is 0.500. The summed E-state index contributed by atoms with van der Waals surface area (Å²) in [6, 6.07) is 0. The van der Waals surface area contributed by atoms with Crippen molar-refractivity contribution < 1.29 is 4.12 Å². The molecule has 2 radical (unpaired) electrons. The Labute approximate surface area is 112 Å². The second-order valence-corrected chi connectivity index (χ2v) is 9.67. The molecule has 0 aromatic carbocycles. The zero-order valence-corrected chi connectivity index (χ0v) is 14.7. The van der Waals surface area contributed by atoms with E-state index in [0.717, 1.165) is 26.2 Å². The van der Waals surface area contributed by atoms with E-state index < -0.39 is 8.32 Å². The molecular weight excluding hydrogens is 244 g/mol. The van der Waals surface area contributed by atoms with Crippen molar-refractivity contribution in [3.8, 4) is 0 Å². The molecule has 0 spiro atoms. The summed E-state index contributed by atoms with van der Waals surface area (Å²) in [7, 11) is -1.08. The normalized spacial score (nSPS) is 13.1. The maximum atomic E-state index is 6.14. The predicted octanol–water partition coefficient (Wildman–Crippen LogP) is 2.42. The maximum absolute atomic E-state index is 6.14. The summed E-state index contributed by atoms with van der Waals surface area (Å²) in [6.45, 7) is 20.2. The minimum atomic E-state index is -1.68. The van der Waals surface area contributed by atoms with E-state index in [1.165, 1.54) is 0 Å². The number of nitrogens with zero attached hydrogens (tertiary/aromatic N) is 2. The fraction of sp³-hybridized carbons (Fsp3) is 1.00. The highest BCUT2D eigenvalue weighted by atomic mass is 28.4. The van der Waals surface area contributed by atoms with Crippen LogP contribution in [0.15, 0.2) is 0 Å². The van der Waals surface area contributed by atoms with Gasteiger partial charge in [0.25, 0.3) is 0 Å². The van der Waals surface area contributed by atoms with Crippen LogP contribution in [0.3, 0.4) is 0 Å². The van der Waals surface area contributed by atoms with Crippen LogP contribution in [0.5, 0.6) is 0 Å². The van der Waals surface area contributed by atoms with E-state index >= 15 is 0 Å². The van der Waals surface area contributed by atoms with Gasteiger partial charge in [0.1, 0.15) is 0 Å². The minimum Gasteiger partial charge on any atom is -0.454 e. The van der Waals surface area contributed by atoms with E-state index in [2.05, 4.69) is 57.1 Å². The lowest BCUT2D eigenvalue weighted by Gasteiger charge is -2.45. The molecule has 3 nitrogen and oxygen atoms in total. The summed E-state index contributed by atoms with van der Waals surface area (Å²) in [5, 5.41) is 0. The molecule has 0 bridgehead atoms. The van der Waals surface area contributed by atoms with E-state index in [9.17, 15) is 0 Å². The van der Waals surface area contributed by atoms with Crippen LogP contribution in [0.25, 0.3) is 0 Å². The SMILES string of the molecule is CCN(CC)C(N(CC)CC)[Si](C)(C)O[Si]C. The van der Waals surface area contributed by atoms with E-state index in [4.69, 9.17) is 4.12 Å². The highest BCUT2D eigenvalue weighted by Crippen LogP contribution is 2.20. The average Bonchev–Trinajstić information content (AvgIpc) is 2.29. The zero-order valence-electron chi connectivity index (χ0n) is 12.7. The van der Waals surface area contributed by atoms with Gasteiger partial charge in [0, 0.05) is 0 Å². The molecule has 0 atom stereocenters. The van der Waals surface area contributed by atoms with Gasteiger partial charge in [-0.2, -0.15) is 0 Å². The van der Waals surface area contributed by atoms with Crippen LogP contribution in [0.1, 0.15) is 27.7 Å². The first kappa shape index (κ1) is 17.3. The van der Waals surface area contributed by atoms with Gasteiger partial charge in [-0.05, 0) is 45.8 Å². The molecule has 0 N–H and O–H groups in total. The maximum Gasteiger partial charge on any atom is 0.211 e. The topological polar surface area (TPSA) is 15.7 Å². The van der Waals surface area contributed by atoms with Gasteiger partial charge in [-0.3, -0.25) is 9.80 Å². The van der Waals surface area contributed by atoms with Crippen molar-refractivity contribution in [2.75, 3.05) is 26.2 Å². The molecule has 0 rings (SSSR count). The summed E-state index contributed by atoms with van der Waals surface area (Å²) < 4.78 is 6.14. The number of hydrogen-bond donors (Lipinski definition) is 0. The van der Waals surface area contributed by atoms with Gasteiger partial charge in [-0.15, -0.1) is 0 Å². The summed E-state index contributed by atoms with van der Waals surface area (Å²) in [5.74, 6) is 0.500. The molecule has 0 aliphatic rings. The molecule has 0 unspecified atom stereocenters. The van der Waals surface area contributed by atoms with Crippen molar-refractivity contribution in [2.45, 2.75) is 53.1 Å². The van der Waals surface area contributed by atoms with E-state index in [-0.39, 0.29) is 0 Å². The first-order chi connectivity index (χ1) is 7.98. The Kier molecular flexibility index (Phi) is 8.58. The van der Waals surface area contributed by atoms with Crippen LogP contribution in [0.2, 0.25) is 19.6 Å². The van der Waals surface area contributed by atoms with Crippen LogP contribution in [-0.4, -0.2) is 59.8 Å². The Morgan fingerprint density at radius 3 is 1.53 bits per heavy atom. The standard InChI is InChI=1S/C12H30N2OSi2/c1-8-13(9-2)12(14(10-3)11-4)17(6,7)15-16-5/h12H,8-11H2,1-7H3. The van der Waals surface area contributed by atoms with Gasteiger partial charge in [0.15, 0.2) is 0 Å². The van der Waals surface area contributed by atoms with Crippen molar-refractivity contribution in [2.24, 2.45) is 0 Å². The molecule has 0 fully saturated rings. The van der Waals surface area contributed by atoms with Crippen LogP contribution >= 0.6 is 0 Å². The highest BCUT2D eigenvalue weighted by Gasteiger charge is 2.39. The van der Waals surface area contributed by atoms with Crippen molar-refractivity contribution >= 4 is 18.1 Å². The Hall–Kier alpha value is 0.314. The molecule has 0 saturated carbocycles. The monoisotopic (exact) mass is 274 g/mol. The first-order valence-electron chi connectivity index (χ1n) is 6.81. The third-order valence-electron chi connectivity index (χ3n) is 3.30. The molecule has 0 aliphatic heterocycles. The lowest BCUT2D eigenvalue weighted by Crippen LogP contribution is -2.63. The van der Waals surface area contributed by atoms with Crippen LogP contribution in [0.4, 0.5) is 0 Å². The van der Waals surface area contributed by atoms with E-state index in [1.54, 1.807) is 0 Å². The Morgan fingerprint density at radius 1 is 0.941 bits per heavy atom. The average molecular weight is 275 g/mol. The number of hydrogen-bond acceptors (Lipinski definition) is 3. The summed E-state index contributed by atoms with van der Waals surface area (Å²) in [4.78, 5) is 5.11. The summed E-state index contributed by atoms with van der Waals surface area (Å²) in [6.07, 6.45) is 0. The molecule has 0 aromatic heterocycles.